The lowest BCUT2D eigenvalue weighted by atomic mass is 9.80. The zero-order valence-electron chi connectivity index (χ0n) is 16.2. The van der Waals surface area contributed by atoms with Gasteiger partial charge in [0.1, 0.15) is 5.82 Å². The van der Waals surface area contributed by atoms with Crippen molar-refractivity contribution in [3.8, 4) is 0 Å². The molecule has 2 aromatic rings. The van der Waals surface area contributed by atoms with Crippen molar-refractivity contribution in [1.82, 2.24) is 4.98 Å². The van der Waals surface area contributed by atoms with Crippen LogP contribution in [0.15, 0.2) is 35.5 Å². The largest absolute Gasteiger partial charge is 0.466 e. The summed E-state index contributed by atoms with van der Waals surface area (Å²) in [5.74, 6) is -0.592. The Kier molecular flexibility index (Phi) is 5.04. The number of anilines is 2. The van der Waals surface area contributed by atoms with Gasteiger partial charge in [0.25, 0.3) is 5.69 Å². The maximum Gasteiger partial charge on any atom is 0.336 e. The molecule has 0 amide bonds. The average molecular weight is 382 g/mol. The van der Waals surface area contributed by atoms with E-state index in [1.165, 1.54) is 19.2 Å². The van der Waals surface area contributed by atoms with Gasteiger partial charge >= 0.3 is 5.97 Å². The van der Waals surface area contributed by atoms with E-state index in [0.29, 0.717) is 40.3 Å². The van der Waals surface area contributed by atoms with Crippen molar-refractivity contribution >= 4 is 23.2 Å². The van der Waals surface area contributed by atoms with Crippen LogP contribution in [-0.2, 0) is 16.0 Å². The van der Waals surface area contributed by atoms with Gasteiger partial charge in [0.15, 0.2) is 0 Å². The zero-order valence-corrected chi connectivity index (χ0v) is 16.2. The summed E-state index contributed by atoms with van der Waals surface area (Å²) in [6, 6.07) is 6.20. The molecule has 1 atom stereocenters. The van der Waals surface area contributed by atoms with Gasteiger partial charge in [0.2, 0.25) is 0 Å². The van der Waals surface area contributed by atoms with Crippen molar-refractivity contribution < 1.29 is 14.5 Å². The number of aromatic nitrogens is 1. The van der Waals surface area contributed by atoms with E-state index in [4.69, 9.17) is 10.5 Å². The second-order valence-electron chi connectivity index (χ2n) is 6.65. The first-order chi connectivity index (χ1) is 13.3. The highest BCUT2D eigenvalue weighted by Gasteiger charge is 2.36. The molecule has 1 aliphatic rings. The minimum absolute atomic E-state index is 0.0621. The van der Waals surface area contributed by atoms with Crippen LogP contribution < -0.4 is 11.1 Å². The Labute approximate surface area is 162 Å². The molecule has 3 N–H and O–H groups in total. The molecule has 1 unspecified atom stereocenters. The third-order valence-electron chi connectivity index (χ3n) is 5.07. The van der Waals surface area contributed by atoms with Gasteiger partial charge in [-0.2, -0.15) is 0 Å². The summed E-state index contributed by atoms with van der Waals surface area (Å²) in [6.07, 6.45) is 0.707. The normalized spacial score (nSPS) is 15.6. The van der Waals surface area contributed by atoms with E-state index in [1.54, 1.807) is 19.1 Å². The molecule has 8 heteroatoms. The van der Waals surface area contributed by atoms with Crippen LogP contribution in [0.2, 0.25) is 0 Å². The van der Waals surface area contributed by atoms with Crippen LogP contribution >= 0.6 is 0 Å². The van der Waals surface area contributed by atoms with E-state index in [0.717, 1.165) is 11.3 Å². The van der Waals surface area contributed by atoms with Crippen LogP contribution in [0.5, 0.6) is 0 Å². The second kappa shape index (κ2) is 7.30. The number of nitro groups is 1. The van der Waals surface area contributed by atoms with Crippen molar-refractivity contribution in [3.05, 3.63) is 68.0 Å². The van der Waals surface area contributed by atoms with Gasteiger partial charge < -0.3 is 15.8 Å². The van der Waals surface area contributed by atoms with Gasteiger partial charge in [0, 0.05) is 40.7 Å². The molecular weight excluding hydrogens is 360 g/mol. The lowest BCUT2D eigenvalue weighted by molar-refractivity contribution is -0.384. The summed E-state index contributed by atoms with van der Waals surface area (Å²) in [6.45, 7) is 5.63. The van der Waals surface area contributed by atoms with Crippen LogP contribution in [0.4, 0.5) is 17.2 Å². The Morgan fingerprint density at radius 3 is 2.71 bits per heavy atom. The van der Waals surface area contributed by atoms with E-state index in [2.05, 4.69) is 10.3 Å². The number of carbonyl (C=O) groups excluding carboxylic acids is 1. The number of nitrogens with one attached hydrogen (secondary N) is 1. The lowest BCUT2D eigenvalue weighted by Gasteiger charge is -2.31. The van der Waals surface area contributed by atoms with Gasteiger partial charge in [0.05, 0.1) is 17.6 Å². The van der Waals surface area contributed by atoms with E-state index in [-0.39, 0.29) is 5.69 Å². The number of nitrogens with zero attached hydrogens (tertiary/aromatic N) is 2. The summed E-state index contributed by atoms with van der Waals surface area (Å²) >= 11 is 0. The number of fused-ring (bicyclic) bond motifs is 1. The number of nitrogen functional groups attached to an aromatic ring is 1. The molecule has 146 valence electrons. The molecule has 0 saturated carbocycles. The number of nitro benzene ring substituents is 1. The molecule has 0 bridgehead atoms. The highest BCUT2D eigenvalue weighted by atomic mass is 16.6. The van der Waals surface area contributed by atoms with Crippen LogP contribution in [0.25, 0.3) is 0 Å². The third-order valence-corrected chi connectivity index (χ3v) is 5.07. The number of aryl methyl sites for hydroxylation is 1. The smallest absolute Gasteiger partial charge is 0.336 e. The van der Waals surface area contributed by atoms with Gasteiger partial charge in [-0.3, -0.25) is 10.1 Å². The number of rotatable bonds is 4. The van der Waals surface area contributed by atoms with Crippen LogP contribution in [-0.4, -0.2) is 23.0 Å². The predicted molar refractivity (Wildman–Crippen MR) is 106 cm³/mol. The third kappa shape index (κ3) is 3.06. The van der Waals surface area contributed by atoms with Crippen molar-refractivity contribution in [1.29, 1.82) is 0 Å². The number of non-ortho nitro benzene ring substituents is 1. The minimum Gasteiger partial charge on any atom is -0.466 e. The van der Waals surface area contributed by atoms with Crippen molar-refractivity contribution in [2.75, 3.05) is 18.2 Å². The number of hydrogen-bond donors (Lipinski definition) is 2. The first kappa shape index (κ1) is 19.3. The van der Waals surface area contributed by atoms with Crippen molar-refractivity contribution in [2.45, 2.75) is 33.1 Å². The number of allylic oxidation sites excluding steroid dienone is 1. The SMILES string of the molecule is CCc1nc2c(c(N)c1C)C(c1cccc([N+](=O)[O-])c1)C(C(=O)OC)=C(C)N2. The van der Waals surface area contributed by atoms with E-state index in [1.807, 2.05) is 13.8 Å². The summed E-state index contributed by atoms with van der Waals surface area (Å²) in [5, 5.41) is 14.4. The van der Waals surface area contributed by atoms with Gasteiger partial charge in [-0.15, -0.1) is 0 Å². The highest BCUT2D eigenvalue weighted by Crippen LogP contribution is 2.46. The molecule has 28 heavy (non-hydrogen) atoms. The molecule has 0 fully saturated rings. The fraction of sp³-hybridized carbons (Fsp3) is 0.300. The quantitative estimate of drug-likeness (QED) is 0.472. The molecule has 0 aliphatic carbocycles. The molecule has 1 aromatic heterocycles. The Morgan fingerprint density at radius 2 is 2.11 bits per heavy atom. The number of esters is 1. The van der Waals surface area contributed by atoms with Crippen molar-refractivity contribution in [2.24, 2.45) is 0 Å². The second-order valence-corrected chi connectivity index (χ2v) is 6.65. The summed E-state index contributed by atoms with van der Waals surface area (Å²) in [5.41, 5.74) is 10.7. The van der Waals surface area contributed by atoms with Gasteiger partial charge in [-0.25, -0.2) is 9.78 Å². The number of pyridine rings is 1. The van der Waals surface area contributed by atoms with E-state index < -0.39 is 16.8 Å². The Bertz CT molecular complexity index is 1010. The molecule has 0 saturated heterocycles. The zero-order chi connectivity index (χ0) is 20.6. The van der Waals surface area contributed by atoms with Crippen molar-refractivity contribution in [3.63, 3.8) is 0 Å². The predicted octanol–water partition coefficient (Wildman–Crippen LogP) is 3.45. The Balaban J connectivity index is 2.34. The van der Waals surface area contributed by atoms with E-state index >= 15 is 0 Å². The number of hydrogen-bond acceptors (Lipinski definition) is 7. The number of nitrogens with two attached hydrogens (primary N) is 1. The summed E-state index contributed by atoms with van der Waals surface area (Å²) < 4.78 is 4.99. The van der Waals surface area contributed by atoms with E-state index in [9.17, 15) is 14.9 Å². The fourth-order valence-corrected chi connectivity index (χ4v) is 3.63. The number of carbonyl (C=O) groups is 1. The number of ether oxygens (including phenoxy) is 1. The van der Waals surface area contributed by atoms with Gasteiger partial charge in [-0.05, 0) is 31.4 Å². The molecule has 0 radical (unpaired) electrons. The summed E-state index contributed by atoms with van der Waals surface area (Å²) in [7, 11) is 1.30. The Morgan fingerprint density at radius 1 is 1.39 bits per heavy atom. The fourth-order valence-electron chi connectivity index (χ4n) is 3.63. The molecule has 1 aromatic carbocycles. The van der Waals surface area contributed by atoms with Crippen LogP contribution in [0.3, 0.4) is 0 Å². The molecular formula is C20H22N4O4. The highest BCUT2D eigenvalue weighted by molar-refractivity contribution is 5.95. The van der Waals surface area contributed by atoms with Gasteiger partial charge in [-0.1, -0.05) is 19.1 Å². The minimum atomic E-state index is -0.624. The molecule has 1 aliphatic heterocycles. The first-order valence-electron chi connectivity index (χ1n) is 8.89. The van der Waals surface area contributed by atoms with Crippen LogP contribution in [0, 0.1) is 17.0 Å². The monoisotopic (exact) mass is 382 g/mol. The standard InChI is InChI=1S/C20H22N4O4/c1-5-14-10(2)18(21)17-16(12-7-6-8-13(9-12)24(26)27)15(20(25)28-4)11(3)22-19(17)23-14/h6-9,16H,5H2,1-4H3,(H3,21,22,23). The molecule has 8 nitrogen and oxygen atoms in total. The Hall–Kier alpha value is -3.42. The van der Waals surface area contributed by atoms with Crippen LogP contribution in [0.1, 0.15) is 42.1 Å². The number of methoxy groups -OCH3 is 1. The average Bonchev–Trinajstić information content (AvgIpc) is 2.69. The summed E-state index contributed by atoms with van der Waals surface area (Å²) in [4.78, 5) is 28.1. The topological polar surface area (TPSA) is 120 Å². The maximum atomic E-state index is 12.6. The lowest BCUT2D eigenvalue weighted by Crippen LogP contribution is -2.26. The first-order valence-corrected chi connectivity index (χ1v) is 8.89. The molecule has 3 rings (SSSR count). The molecule has 0 spiro atoms. The number of benzene rings is 1. The maximum absolute atomic E-state index is 12.6. The molecule has 2 heterocycles.